The van der Waals surface area contributed by atoms with Crippen LogP contribution in [0.4, 0.5) is 0 Å². The van der Waals surface area contributed by atoms with Gasteiger partial charge in [0.05, 0.1) is 0 Å². The number of aromatic hydroxyl groups is 1. The molecule has 0 radical (unpaired) electrons. The highest BCUT2D eigenvalue weighted by Crippen LogP contribution is 2.46. The maximum atomic E-state index is 10.1. The van der Waals surface area contributed by atoms with Gasteiger partial charge in [-0.2, -0.15) is 0 Å². The van der Waals surface area contributed by atoms with Crippen molar-refractivity contribution in [2.24, 2.45) is 0 Å². The average Bonchev–Trinajstić information content (AvgIpc) is 2.62. The molecular weight excluding hydrogens is 222 g/mol. The molecular formula is C16H21NO. The van der Waals surface area contributed by atoms with Crippen molar-refractivity contribution in [2.75, 3.05) is 0 Å². The molecule has 0 aromatic heterocycles. The molecule has 0 saturated heterocycles. The minimum absolute atomic E-state index is 0.221. The van der Waals surface area contributed by atoms with E-state index in [1.54, 1.807) is 6.07 Å². The van der Waals surface area contributed by atoms with E-state index < -0.39 is 0 Å². The van der Waals surface area contributed by atoms with Crippen LogP contribution in [0, 0.1) is 19.3 Å². The Kier molecular flexibility index (Phi) is 3.63. The van der Waals surface area contributed by atoms with E-state index in [1.165, 1.54) is 11.1 Å². The van der Waals surface area contributed by atoms with Crippen LogP contribution in [-0.4, -0.2) is 11.1 Å². The molecule has 18 heavy (non-hydrogen) atoms. The predicted octanol–water partition coefficient (Wildman–Crippen LogP) is 3.25. The van der Waals surface area contributed by atoms with Crippen molar-refractivity contribution in [3.63, 3.8) is 0 Å². The number of hydrogen-bond acceptors (Lipinski definition) is 2. The van der Waals surface area contributed by atoms with Crippen molar-refractivity contribution in [3.05, 3.63) is 28.8 Å². The topological polar surface area (TPSA) is 32.3 Å². The van der Waals surface area contributed by atoms with E-state index >= 15 is 0 Å². The van der Waals surface area contributed by atoms with E-state index in [0.29, 0.717) is 18.1 Å². The molecule has 0 aliphatic heterocycles. The first kappa shape index (κ1) is 13.0. The van der Waals surface area contributed by atoms with Crippen molar-refractivity contribution in [1.82, 2.24) is 5.32 Å². The van der Waals surface area contributed by atoms with Gasteiger partial charge in [0.25, 0.3) is 0 Å². The number of rotatable bonds is 3. The molecule has 3 atom stereocenters. The fourth-order valence-electron chi connectivity index (χ4n) is 3.07. The summed E-state index contributed by atoms with van der Waals surface area (Å²) in [5.74, 6) is 3.57. The van der Waals surface area contributed by atoms with E-state index in [4.69, 9.17) is 6.42 Å². The molecule has 1 aliphatic carbocycles. The first-order valence-electron chi connectivity index (χ1n) is 6.56. The number of fused-ring (bicyclic) bond motifs is 1. The van der Waals surface area contributed by atoms with E-state index in [2.05, 4.69) is 32.0 Å². The number of aryl methyl sites for hydroxylation is 1. The van der Waals surface area contributed by atoms with Gasteiger partial charge in [-0.25, -0.2) is 0 Å². The maximum Gasteiger partial charge on any atom is 0.120 e. The second kappa shape index (κ2) is 5.04. The molecule has 0 heterocycles. The number of phenolic OH excluding ortho intramolecular Hbond substituents is 1. The van der Waals surface area contributed by atoms with Crippen LogP contribution in [0.15, 0.2) is 12.1 Å². The minimum atomic E-state index is 0.221. The Morgan fingerprint density at radius 3 is 2.89 bits per heavy atom. The van der Waals surface area contributed by atoms with Gasteiger partial charge >= 0.3 is 0 Å². The summed E-state index contributed by atoms with van der Waals surface area (Å²) in [7, 11) is 0. The van der Waals surface area contributed by atoms with Gasteiger partial charge in [0.2, 0.25) is 0 Å². The number of hydrogen-bond donors (Lipinski definition) is 2. The van der Waals surface area contributed by atoms with Gasteiger partial charge in [-0.05, 0) is 43.4 Å². The Bertz CT molecular complexity index is 487. The monoisotopic (exact) mass is 243 g/mol. The van der Waals surface area contributed by atoms with Crippen LogP contribution >= 0.6 is 0 Å². The second-order valence-electron chi connectivity index (χ2n) is 5.39. The van der Waals surface area contributed by atoms with Crippen molar-refractivity contribution >= 4 is 0 Å². The molecule has 0 spiro atoms. The molecule has 0 saturated carbocycles. The molecule has 1 aromatic carbocycles. The third kappa shape index (κ3) is 2.23. The highest BCUT2D eigenvalue weighted by molar-refractivity contribution is 5.50. The fraction of sp³-hybridized carbons (Fsp3) is 0.500. The summed E-state index contributed by atoms with van der Waals surface area (Å²) in [6.07, 6.45) is 7.09. The molecule has 2 N–H and O–H groups in total. The Hall–Kier alpha value is -1.46. The van der Waals surface area contributed by atoms with Gasteiger partial charge in [0.1, 0.15) is 5.75 Å². The quantitative estimate of drug-likeness (QED) is 0.799. The Morgan fingerprint density at radius 1 is 1.50 bits per heavy atom. The summed E-state index contributed by atoms with van der Waals surface area (Å²) in [5, 5.41) is 13.6. The molecule has 1 aromatic rings. The summed E-state index contributed by atoms with van der Waals surface area (Å²) >= 11 is 0. The highest BCUT2D eigenvalue weighted by Gasteiger charge is 2.32. The average molecular weight is 243 g/mol. The first-order chi connectivity index (χ1) is 8.54. The highest BCUT2D eigenvalue weighted by atomic mass is 16.3. The van der Waals surface area contributed by atoms with Gasteiger partial charge in [-0.15, -0.1) is 12.3 Å². The Morgan fingerprint density at radius 2 is 2.22 bits per heavy atom. The summed E-state index contributed by atoms with van der Waals surface area (Å²) in [6, 6.07) is 4.29. The molecule has 3 unspecified atom stereocenters. The number of phenols is 1. The van der Waals surface area contributed by atoms with Crippen molar-refractivity contribution < 1.29 is 5.11 Å². The third-order valence-electron chi connectivity index (χ3n) is 3.82. The van der Waals surface area contributed by atoms with E-state index in [-0.39, 0.29) is 12.1 Å². The van der Waals surface area contributed by atoms with Crippen LogP contribution in [-0.2, 0) is 0 Å². The number of benzene rings is 1. The zero-order valence-corrected chi connectivity index (χ0v) is 11.3. The second-order valence-corrected chi connectivity index (χ2v) is 5.39. The van der Waals surface area contributed by atoms with Crippen LogP contribution in [0.1, 0.15) is 55.3 Å². The molecule has 2 nitrogen and oxygen atoms in total. The fourth-order valence-corrected chi connectivity index (χ4v) is 3.07. The lowest BCUT2D eigenvalue weighted by Gasteiger charge is -2.19. The third-order valence-corrected chi connectivity index (χ3v) is 3.82. The minimum Gasteiger partial charge on any atom is -0.508 e. The molecule has 96 valence electrons. The van der Waals surface area contributed by atoms with E-state index in [0.717, 1.165) is 12.0 Å². The van der Waals surface area contributed by atoms with Crippen molar-refractivity contribution in [1.29, 1.82) is 0 Å². The summed E-state index contributed by atoms with van der Waals surface area (Å²) in [6.45, 7) is 6.43. The van der Waals surface area contributed by atoms with Crippen molar-refractivity contribution in [2.45, 2.75) is 51.6 Å². The lowest BCUT2D eigenvalue weighted by molar-refractivity contribution is 0.419. The zero-order valence-electron chi connectivity index (χ0n) is 11.3. The van der Waals surface area contributed by atoms with Crippen LogP contribution in [0.2, 0.25) is 0 Å². The number of terminal acetylenes is 1. The normalized spacial score (nSPS) is 23.4. The SMILES string of the molecule is C#CCC(C)NC1CC(C)c2c(C)ccc(O)c21. The Labute approximate surface area is 109 Å². The van der Waals surface area contributed by atoms with Gasteiger partial charge in [-0.3, -0.25) is 0 Å². The maximum absolute atomic E-state index is 10.1. The smallest absolute Gasteiger partial charge is 0.120 e. The molecule has 0 fully saturated rings. The summed E-state index contributed by atoms with van der Waals surface area (Å²) in [4.78, 5) is 0. The van der Waals surface area contributed by atoms with Gasteiger partial charge < -0.3 is 10.4 Å². The molecule has 0 bridgehead atoms. The zero-order chi connectivity index (χ0) is 13.3. The summed E-state index contributed by atoms with van der Waals surface area (Å²) < 4.78 is 0. The number of nitrogens with one attached hydrogen (secondary N) is 1. The predicted molar refractivity (Wildman–Crippen MR) is 74.7 cm³/mol. The lowest BCUT2D eigenvalue weighted by atomic mass is 9.97. The van der Waals surface area contributed by atoms with Crippen LogP contribution in [0.5, 0.6) is 5.75 Å². The molecule has 2 rings (SSSR count). The Balaban J connectivity index is 2.30. The van der Waals surface area contributed by atoms with Crippen LogP contribution < -0.4 is 5.32 Å². The van der Waals surface area contributed by atoms with Gasteiger partial charge in [-0.1, -0.05) is 13.0 Å². The van der Waals surface area contributed by atoms with E-state index in [1.807, 2.05) is 6.07 Å². The molecule has 2 heteroatoms. The first-order valence-corrected chi connectivity index (χ1v) is 6.56. The molecule has 0 amide bonds. The van der Waals surface area contributed by atoms with Crippen LogP contribution in [0.25, 0.3) is 0 Å². The van der Waals surface area contributed by atoms with E-state index in [9.17, 15) is 5.11 Å². The van der Waals surface area contributed by atoms with Crippen molar-refractivity contribution in [3.8, 4) is 18.1 Å². The van der Waals surface area contributed by atoms with Crippen LogP contribution in [0.3, 0.4) is 0 Å². The standard InChI is InChI=1S/C16H21NO/c1-5-6-12(4)17-13-9-11(3)15-10(2)7-8-14(18)16(13)15/h1,7-8,11-13,17-18H,6,9H2,2-4H3. The van der Waals surface area contributed by atoms with Gasteiger partial charge in [0.15, 0.2) is 0 Å². The lowest BCUT2D eigenvalue weighted by Crippen LogP contribution is -2.29. The largest absolute Gasteiger partial charge is 0.508 e. The van der Waals surface area contributed by atoms with Gasteiger partial charge in [0, 0.05) is 24.1 Å². The molecule has 1 aliphatic rings. The summed E-state index contributed by atoms with van der Waals surface area (Å²) in [5.41, 5.74) is 3.65.